The second-order valence-corrected chi connectivity index (χ2v) is 3.02. The molecule has 0 amide bonds. The highest BCUT2D eigenvalue weighted by Crippen LogP contribution is 2.43. The second-order valence-electron chi connectivity index (χ2n) is 3.02. The van der Waals surface area contributed by atoms with Crippen LogP contribution < -0.4 is 5.73 Å². The van der Waals surface area contributed by atoms with E-state index in [2.05, 4.69) is 0 Å². The first kappa shape index (κ1) is 6.65. The Morgan fingerprint density at radius 2 is 2.09 bits per heavy atom. The van der Waals surface area contributed by atoms with Crippen molar-refractivity contribution in [1.29, 1.82) is 0 Å². The summed E-state index contributed by atoms with van der Waals surface area (Å²) in [5.41, 5.74) is 6.96. The number of hydrogen-bond acceptors (Lipinski definition) is 1. The van der Waals surface area contributed by atoms with Gasteiger partial charge in [-0.2, -0.15) is 0 Å². The summed E-state index contributed by atoms with van der Waals surface area (Å²) in [6.07, 6.45) is 2.18. The van der Waals surface area contributed by atoms with Crippen LogP contribution in [0.1, 0.15) is 24.3 Å². The molecule has 1 aromatic carbocycles. The number of benzene rings is 1. The van der Waals surface area contributed by atoms with E-state index in [4.69, 9.17) is 5.73 Å². The van der Waals surface area contributed by atoms with Gasteiger partial charge in [-0.15, -0.1) is 0 Å². The smallest absolute Gasteiger partial charge is 0.128 e. The van der Waals surface area contributed by atoms with Gasteiger partial charge in [0.05, 0.1) is 0 Å². The summed E-state index contributed by atoms with van der Waals surface area (Å²) in [4.78, 5) is 0. The lowest BCUT2D eigenvalue weighted by Crippen LogP contribution is -1.95. The minimum Gasteiger partial charge on any atom is -0.398 e. The third kappa shape index (κ3) is 1.09. The van der Waals surface area contributed by atoms with Crippen LogP contribution in [0, 0.1) is 5.82 Å². The van der Waals surface area contributed by atoms with Crippen LogP contribution >= 0.6 is 0 Å². The molecule has 1 fully saturated rings. The maximum absolute atomic E-state index is 13.1. The molecule has 0 bridgehead atoms. The van der Waals surface area contributed by atoms with E-state index in [0.717, 1.165) is 18.4 Å². The third-order valence-corrected chi connectivity index (χ3v) is 2.07. The lowest BCUT2D eigenvalue weighted by atomic mass is 10.1. The van der Waals surface area contributed by atoms with Gasteiger partial charge in [0.15, 0.2) is 0 Å². The minimum absolute atomic E-state index is 0.146. The molecule has 2 rings (SSSR count). The van der Waals surface area contributed by atoms with Crippen molar-refractivity contribution in [1.82, 2.24) is 0 Å². The first-order chi connectivity index (χ1) is 5.29. The molecule has 1 aliphatic rings. The SMILES string of the molecule is Nc1cccc(F)c1C1CC1. The normalized spacial score (nSPS) is 16.8. The molecule has 1 saturated carbocycles. The lowest BCUT2D eigenvalue weighted by molar-refractivity contribution is 0.612. The molecular formula is C9H10FN. The standard InChI is InChI=1S/C9H10FN/c10-7-2-1-3-8(11)9(7)6-4-5-6/h1-3,6H,4-5,11H2. The zero-order valence-electron chi connectivity index (χ0n) is 6.18. The molecule has 1 nitrogen and oxygen atoms in total. The van der Waals surface area contributed by atoms with Gasteiger partial charge in [-0.1, -0.05) is 6.07 Å². The molecule has 11 heavy (non-hydrogen) atoms. The van der Waals surface area contributed by atoms with Crippen molar-refractivity contribution in [2.45, 2.75) is 18.8 Å². The summed E-state index contributed by atoms with van der Waals surface area (Å²) in [6, 6.07) is 4.89. The molecule has 1 aliphatic carbocycles. The average Bonchev–Trinajstić information content (AvgIpc) is 2.70. The Labute approximate surface area is 65.0 Å². The van der Waals surface area contributed by atoms with Gasteiger partial charge in [-0.05, 0) is 30.9 Å². The second kappa shape index (κ2) is 2.22. The van der Waals surface area contributed by atoms with Crippen molar-refractivity contribution in [3.05, 3.63) is 29.6 Å². The Morgan fingerprint density at radius 3 is 2.64 bits per heavy atom. The van der Waals surface area contributed by atoms with E-state index in [9.17, 15) is 4.39 Å². The van der Waals surface area contributed by atoms with E-state index in [-0.39, 0.29) is 5.82 Å². The van der Waals surface area contributed by atoms with Gasteiger partial charge < -0.3 is 5.73 Å². The monoisotopic (exact) mass is 151 g/mol. The van der Waals surface area contributed by atoms with E-state index >= 15 is 0 Å². The lowest BCUT2D eigenvalue weighted by Gasteiger charge is -2.03. The van der Waals surface area contributed by atoms with E-state index < -0.39 is 0 Å². The van der Waals surface area contributed by atoms with Gasteiger partial charge in [-0.3, -0.25) is 0 Å². The largest absolute Gasteiger partial charge is 0.398 e. The van der Waals surface area contributed by atoms with Crippen LogP contribution in [0.5, 0.6) is 0 Å². The number of nitrogens with two attached hydrogens (primary N) is 1. The van der Waals surface area contributed by atoms with E-state index in [1.54, 1.807) is 12.1 Å². The van der Waals surface area contributed by atoms with Crippen molar-refractivity contribution in [2.24, 2.45) is 0 Å². The predicted molar refractivity (Wildman–Crippen MR) is 42.8 cm³/mol. The molecule has 2 N–H and O–H groups in total. The Balaban J connectivity index is 2.48. The first-order valence-electron chi connectivity index (χ1n) is 3.83. The van der Waals surface area contributed by atoms with Crippen LogP contribution in [0.15, 0.2) is 18.2 Å². The molecule has 0 aromatic heterocycles. The highest BCUT2D eigenvalue weighted by atomic mass is 19.1. The Morgan fingerprint density at radius 1 is 1.36 bits per heavy atom. The topological polar surface area (TPSA) is 26.0 Å². The summed E-state index contributed by atoms with van der Waals surface area (Å²) in [6.45, 7) is 0. The van der Waals surface area contributed by atoms with Crippen molar-refractivity contribution in [3.8, 4) is 0 Å². The van der Waals surface area contributed by atoms with Crippen LogP contribution in [0.4, 0.5) is 10.1 Å². The number of halogens is 1. The molecule has 0 spiro atoms. The van der Waals surface area contributed by atoms with Crippen LogP contribution in [0.2, 0.25) is 0 Å². The highest BCUT2D eigenvalue weighted by Gasteiger charge is 2.28. The maximum atomic E-state index is 13.1. The van der Waals surface area contributed by atoms with Crippen LogP contribution in [-0.2, 0) is 0 Å². The molecule has 0 aliphatic heterocycles. The number of nitrogen functional groups attached to an aromatic ring is 1. The fourth-order valence-corrected chi connectivity index (χ4v) is 1.36. The maximum Gasteiger partial charge on any atom is 0.128 e. The van der Waals surface area contributed by atoms with Crippen LogP contribution in [0.25, 0.3) is 0 Å². The van der Waals surface area contributed by atoms with Crippen molar-refractivity contribution < 1.29 is 4.39 Å². The minimum atomic E-state index is -0.146. The van der Waals surface area contributed by atoms with Gasteiger partial charge in [0, 0.05) is 11.3 Å². The number of hydrogen-bond donors (Lipinski definition) is 1. The Kier molecular flexibility index (Phi) is 1.34. The van der Waals surface area contributed by atoms with Crippen molar-refractivity contribution in [2.75, 3.05) is 5.73 Å². The fraction of sp³-hybridized carbons (Fsp3) is 0.333. The molecule has 0 atom stereocenters. The van der Waals surface area contributed by atoms with E-state index in [1.165, 1.54) is 6.07 Å². The summed E-state index contributed by atoms with van der Waals surface area (Å²) in [7, 11) is 0. The van der Waals surface area contributed by atoms with Crippen molar-refractivity contribution in [3.63, 3.8) is 0 Å². The van der Waals surface area contributed by atoms with Gasteiger partial charge in [0.2, 0.25) is 0 Å². The van der Waals surface area contributed by atoms with Crippen LogP contribution in [-0.4, -0.2) is 0 Å². The van der Waals surface area contributed by atoms with Gasteiger partial charge in [-0.25, -0.2) is 4.39 Å². The molecule has 2 heteroatoms. The molecule has 58 valence electrons. The predicted octanol–water partition coefficient (Wildman–Crippen LogP) is 2.29. The summed E-state index contributed by atoms with van der Waals surface area (Å²) < 4.78 is 13.1. The van der Waals surface area contributed by atoms with Gasteiger partial charge in [0.25, 0.3) is 0 Å². The van der Waals surface area contributed by atoms with Gasteiger partial charge in [0.1, 0.15) is 5.82 Å². The summed E-state index contributed by atoms with van der Waals surface area (Å²) in [5.74, 6) is 0.253. The number of anilines is 1. The molecule has 0 unspecified atom stereocenters. The van der Waals surface area contributed by atoms with E-state index in [0.29, 0.717) is 11.6 Å². The molecular weight excluding hydrogens is 141 g/mol. The third-order valence-electron chi connectivity index (χ3n) is 2.07. The first-order valence-corrected chi connectivity index (χ1v) is 3.83. The van der Waals surface area contributed by atoms with Crippen LogP contribution in [0.3, 0.4) is 0 Å². The Hall–Kier alpha value is -1.05. The Bertz CT molecular complexity index is 259. The zero-order valence-corrected chi connectivity index (χ0v) is 6.18. The molecule has 0 radical (unpaired) electrons. The molecule has 0 saturated heterocycles. The number of rotatable bonds is 1. The summed E-state index contributed by atoms with van der Waals surface area (Å²) in [5, 5.41) is 0. The fourth-order valence-electron chi connectivity index (χ4n) is 1.36. The highest BCUT2D eigenvalue weighted by molar-refractivity contribution is 5.50. The molecule has 0 heterocycles. The zero-order chi connectivity index (χ0) is 7.84. The molecule has 1 aromatic rings. The van der Waals surface area contributed by atoms with E-state index in [1.807, 2.05) is 0 Å². The average molecular weight is 151 g/mol. The van der Waals surface area contributed by atoms with Gasteiger partial charge >= 0.3 is 0 Å². The quantitative estimate of drug-likeness (QED) is 0.612. The van der Waals surface area contributed by atoms with Crippen molar-refractivity contribution >= 4 is 5.69 Å². The summed E-state index contributed by atoms with van der Waals surface area (Å²) >= 11 is 0.